The Bertz CT molecular complexity index is 1320. The Morgan fingerprint density at radius 3 is 2.47 bits per heavy atom. The summed E-state index contributed by atoms with van der Waals surface area (Å²) in [5.74, 6) is -1.82. The van der Waals surface area contributed by atoms with Crippen LogP contribution in [0.15, 0.2) is 42.5 Å². The number of nitrogens with one attached hydrogen (secondary N) is 1. The molecule has 0 bridgehead atoms. The van der Waals surface area contributed by atoms with Crippen molar-refractivity contribution >= 4 is 34.2 Å². The van der Waals surface area contributed by atoms with Crippen LogP contribution in [-0.4, -0.2) is 27.9 Å². The first-order valence-electron chi connectivity index (χ1n) is 11.3. The molecule has 190 valence electrons. The van der Waals surface area contributed by atoms with Crippen LogP contribution in [-0.2, 0) is 28.5 Å². The Morgan fingerprint density at radius 1 is 1.17 bits per heavy atom. The van der Waals surface area contributed by atoms with Crippen molar-refractivity contribution in [3.8, 4) is 0 Å². The van der Waals surface area contributed by atoms with Crippen LogP contribution in [0.3, 0.4) is 0 Å². The number of fused-ring (bicyclic) bond motifs is 1. The molecule has 1 aromatic heterocycles. The normalized spacial score (nSPS) is 12.3. The summed E-state index contributed by atoms with van der Waals surface area (Å²) in [6.45, 7) is 5.08. The average Bonchev–Trinajstić information content (AvgIpc) is 2.82. The van der Waals surface area contributed by atoms with Gasteiger partial charge in [-0.15, -0.1) is 0 Å². The second kappa shape index (κ2) is 10.7. The molecule has 1 amide bonds. The molecule has 36 heavy (non-hydrogen) atoms. The van der Waals surface area contributed by atoms with Gasteiger partial charge in [0.05, 0.1) is 27.3 Å². The maximum absolute atomic E-state index is 13.4. The highest BCUT2D eigenvalue weighted by Gasteiger charge is 2.36. The van der Waals surface area contributed by atoms with Crippen LogP contribution in [0, 0.1) is 10.1 Å². The fraction of sp³-hybridized carbons (Fsp3) is 0.320. The molecule has 1 N–H and O–H groups in total. The number of benzene rings is 2. The summed E-state index contributed by atoms with van der Waals surface area (Å²) in [5.41, 5.74) is -0.581. The van der Waals surface area contributed by atoms with Gasteiger partial charge in [-0.3, -0.25) is 19.9 Å². The van der Waals surface area contributed by atoms with Gasteiger partial charge in [-0.1, -0.05) is 38.5 Å². The number of anilines is 1. The van der Waals surface area contributed by atoms with Gasteiger partial charge >= 0.3 is 12.1 Å². The highest BCUT2D eigenvalue weighted by atomic mass is 19.4. The van der Waals surface area contributed by atoms with Crippen LogP contribution in [0.5, 0.6) is 0 Å². The molecular formula is C25H24F3N3O5. The number of halogens is 3. The zero-order chi connectivity index (χ0) is 26.6. The number of non-ortho nitro benzene ring substituents is 1. The number of alkyl halides is 3. The molecule has 0 saturated heterocycles. The highest BCUT2D eigenvalue weighted by Crippen LogP contribution is 2.37. The molecule has 0 aliphatic rings. The van der Waals surface area contributed by atoms with Crippen molar-refractivity contribution < 1.29 is 32.4 Å². The van der Waals surface area contributed by atoms with E-state index in [0.29, 0.717) is 35.4 Å². The molecule has 1 unspecified atom stereocenters. The lowest BCUT2D eigenvalue weighted by molar-refractivity contribution is -0.385. The van der Waals surface area contributed by atoms with Gasteiger partial charge in [-0.25, -0.2) is 4.79 Å². The highest BCUT2D eigenvalue weighted by molar-refractivity contribution is 6.06. The summed E-state index contributed by atoms with van der Waals surface area (Å²) in [7, 11) is 0. The molecule has 0 saturated carbocycles. The number of nitrogens with zero attached hydrogens (tertiary/aromatic N) is 2. The monoisotopic (exact) mass is 503 g/mol. The number of nitro groups is 1. The Morgan fingerprint density at radius 2 is 1.86 bits per heavy atom. The van der Waals surface area contributed by atoms with Crippen molar-refractivity contribution in [3.63, 3.8) is 0 Å². The number of pyridine rings is 1. The van der Waals surface area contributed by atoms with E-state index in [1.165, 1.54) is 6.92 Å². The van der Waals surface area contributed by atoms with Crippen molar-refractivity contribution in [1.82, 2.24) is 4.98 Å². The molecular weight excluding hydrogens is 479 g/mol. The SMILES string of the molecule is CCCc1nc2ccccc2c(C(=O)OC(C)C(=O)Nc2ccc([N+](=O)[O-])cc2C(F)(F)F)c1CC. The fourth-order valence-electron chi connectivity index (χ4n) is 3.86. The number of amides is 1. The predicted molar refractivity (Wildman–Crippen MR) is 127 cm³/mol. The van der Waals surface area contributed by atoms with E-state index in [-0.39, 0.29) is 5.56 Å². The lowest BCUT2D eigenvalue weighted by Gasteiger charge is -2.19. The molecule has 1 atom stereocenters. The lowest BCUT2D eigenvalue weighted by atomic mass is 9.96. The summed E-state index contributed by atoms with van der Waals surface area (Å²) in [6, 6.07) is 8.95. The van der Waals surface area contributed by atoms with Crippen LogP contribution in [0.4, 0.5) is 24.5 Å². The van der Waals surface area contributed by atoms with E-state index in [4.69, 9.17) is 4.74 Å². The topological polar surface area (TPSA) is 111 Å². The minimum absolute atomic E-state index is 0.262. The van der Waals surface area contributed by atoms with Gasteiger partial charge in [-0.05, 0) is 37.5 Å². The van der Waals surface area contributed by atoms with E-state index >= 15 is 0 Å². The van der Waals surface area contributed by atoms with Gasteiger partial charge in [0.2, 0.25) is 0 Å². The van der Waals surface area contributed by atoms with Gasteiger partial charge < -0.3 is 10.1 Å². The summed E-state index contributed by atoms with van der Waals surface area (Å²) in [5, 5.41) is 13.5. The first kappa shape index (κ1) is 26.6. The largest absolute Gasteiger partial charge is 0.449 e. The maximum Gasteiger partial charge on any atom is 0.418 e. The Balaban J connectivity index is 1.91. The van der Waals surface area contributed by atoms with E-state index in [0.717, 1.165) is 24.2 Å². The number of aryl methyl sites for hydroxylation is 1. The van der Waals surface area contributed by atoms with Gasteiger partial charge in [0.1, 0.15) is 0 Å². The van der Waals surface area contributed by atoms with Crippen molar-refractivity contribution in [2.45, 2.75) is 52.3 Å². The number of ether oxygens (including phenoxy) is 1. The molecule has 0 spiro atoms. The molecule has 1 heterocycles. The third-order valence-electron chi connectivity index (χ3n) is 5.55. The number of hydrogen-bond donors (Lipinski definition) is 1. The van der Waals surface area contributed by atoms with Crippen LogP contribution >= 0.6 is 0 Å². The second-order valence-electron chi connectivity index (χ2n) is 8.05. The summed E-state index contributed by atoms with van der Waals surface area (Å²) >= 11 is 0. The van der Waals surface area contributed by atoms with Gasteiger partial charge in [-0.2, -0.15) is 13.2 Å². The van der Waals surface area contributed by atoms with Crippen molar-refractivity contribution in [1.29, 1.82) is 0 Å². The standard InChI is InChI=1S/C25H24F3N3O5/c1-4-8-19-16(5-2)22(17-9-6-7-10-20(17)29-19)24(33)36-14(3)23(32)30-21-12-11-15(31(34)35)13-18(21)25(26,27)28/h6-7,9-14H,4-5,8H2,1-3H3,(H,30,32). The van der Waals surface area contributed by atoms with Crippen molar-refractivity contribution in [3.05, 3.63) is 75.0 Å². The molecule has 3 rings (SSSR count). The van der Waals surface area contributed by atoms with Crippen molar-refractivity contribution in [2.75, 3.05) is 5.32 Å². The Hall–Kier alpha value is -4.02. The molecule has 0 aliphatic heterocycles. The Labute approximate surface area is 204 Å². The number of rotatable bonds is 8. The van der Waals surface area contributed by atoms with Crippen LogP contribution < -0.4 is 5.32 Å². The quantitative estimate of drug-likeness (QED) is 0.234. The first-order chi connectivity index (χ1) is 17.0. The fourth-order valence-corrected chi connectivity index (χ4v) is 3.86. The molecule has 3 aromatic rings. The zero-order valence-electron chi connectivity index (χ0n) is 19.8. The predicted octanol–water partition coefficient (Wildman–Crippen LogP) is 5.86. The third kappa shape index (κ3) is 5.61. The molecule has 11 heteroatoms. The number of para-hydroxylation sites is 1. The molecule has 2 aromatic carbocycles. The first-order valence-corrected chi connectivity index (χ1v) is 11.3. The summed E-state index contributed by atoms with van der Waals surface area (Å²) in [6.07, 6.45) is -4.51. The smallest absolute Gasteiger partial charge is 0.418 e. The van der Waals surface area contributed by atoms with E-state index in [9.17, 15) is 32.9 Å². The average molecular weight is 503 g/mol. The van der Waals surface area contributed by atoms with E-state index < -0.39 is 46.0 Å². The number of carbonyl (C=O) groups excluding carboxylic acids is 2. The molecule has 0 radical (unpaired) electrons. The van der Waals surface area contributed by atoms with Gasteiger partial charge in [0.25, 0.3) is 11.6 Å². The lowest BCUT2D eigenvalue weighted by Crippen LogP contribution is -2.31. The maximum atomic E-state index is 13.4. The Kier molecular flexibility index (Phi) is 7.91. The minimum Gasteiger partial charge on any atom is -0.449 e. The molecule has 8 nitrogen and oxygen atoms in total. The van der Waals surface area contributed by atoms with Crippen molar-refractivity contribution in [2.24, 2.45) is 0 Å². The summed E-state index contributed by atoms with van der Waals surface area (Å²) in [4.78, 5) is 40.5. The number of esters is 1. The zero-order valence-corrected chi connectivity index (χ0v) is 19.8. The number of carbonyl (C=O) groups is 2. The van der Waals surface area contributed by atoms with Crippen LogP contribution in [0.2, 0.25) is 0 Å². The van der Waals surface area contributed by atoms with Gasteiger partial charge in [0.15, 0.2) is 6.10 Å². The van der Waals surface area contributed by atoms with E-state index in [1.807, 2.05) is 13.8 Å². The third-order valence-corrected chi connectivity index (χ3v) is 5.55. The minimum atomic E-state index is -4.96. The van der Waals surface area contributed by atoms with Gasteiger partial charge in [0, 0.05) is 23.2 Å². The van der Waals surface area contributed by atoms with E-state index in [1.54, 1.807) is 24.3 Å². The second-order valence-corrected chi connectivity index (χ2v) is 8.05. The number of nitro benzene ring substituents is 1. The van der Waals surface area contributed by atoms with Crippen LogP contribution in [0.25, 0.3) is 10.9 Å². The summed E-state index contributed by atoms with van der Waals surface area (Å²) < 4.78 is 45.7. The number of hydrogen-bond acceptors (Lipinski definition) is 6. The molecule has 0 fully saturated rings. The van der Waals surface area contributed by atoms with E-state index in [2.05, 4.69) is 10.3 Å². The van der Waals surface area contributed by atoms with Crippen LogP contribution in [0.1, 0.15) is 54.4 Å². The molecule has 0 aliphatic carbocycles. The number of aromatic nitrogens is 1.